The van der Waals surface area contributed by atoms with Crippen LogP contribution >= 0.6 is 0 Å². The Morgan fingerprint density at radius 3 is 2.79 bits per heavy atom. The number of likely N-dealkylation sites (tertiary alicyclic amines) is 1. The summed E-state index contributed by atoms with van der Waals surface area (Å²) in [4.78, 5) is 14.5. The number of anilines is 1. The maximum absolute atomic E-state index is 13.1. The molecule has 2 heterocycles. The Labute approximate surface area is 165 Å². The van der Waals surface area contributed by atoms with Crippen LogP contribution in [0.1, 0.15) is 41.4 Å². The molecule has 3 aromatic rings. The van der Waals surface area contributed by atoms with Crippen LogP contribution in [0.4, 0.5) is 5.69 Å². The topological polar surface area (TPSA) is 66.9 Å². The molecule has 4 rings (SSSR count). The Bertz CT molecular complexity index is 994. The number of carbonyl (C=O) groups is 1. The van der Waals surface area contributed by atoms with Crippen LogP contribution in [-0.2, 0) is 6.54 Å². The van der Waals surface area contributed by atoms with Crippen molar-refractivity contribution in [2.45, 2.75) is 33.2 Å². The lowest BCUT2D eigenvalue weighted by Gasteiger charge is -2.28. The van der Waals surface area contributed by atoms with E-state index >= 15 is 0 Å². The van der Waals surface area contributed by atoms with Gasteiger partial charge in [0, 0.05) is 17.0 Å². The number of phenols is 1. The summed E-state index contributed by atoms with van der Waals surface area (Å²) in [6.45, 7) is 6.94. The molecule has 5 heteroatoms. The van der Waals surface area contributed by atoms with Gasteiger partial charge in [-0.1, -0.05) is 25.1 Å². The number of nitrogens with one attached hydrogen (secondary N) is 2. The SMILES string of the molecule is Cc1oc2ccc(O)c(C[NH+]3CCC[C@H](C)C3)c2c1C(=O)Nc1ccccc1. The van der Waals surface area contributed by atoms with Gasteiger partial charge in [0.2, 0.25) is 0 Å². The smallest absolute Gasteiger partial charge is 0.259 e. The second kappa shape index (κ2) is 7.68. The molecule has 0 aliphatic carbocycles. The number of rotatable bonds is 4. The lowest BCUT2D eigenvalue weighted by molar-refractivity contribution is -0.922. The number of fused-ring (bicyclic) bond motifs is 1. The van der Waals surface area contributed by atoms with Gasteiger partial charge < -0.3 is 19.7 Å². The summed E-state index contributed by atoms with van der Waals surface area (Å²) in [5, 5.41) is 14.3. The Hall–Kier alpha value is -2.79. The summed E-state index contributed by atoms with van der Waals surface area (Å²) in [7, 11) is 0. The molecule has 0 radical (unpaired) electrons. The van der Waals surface area contributed by atoms with Crippen molar-refractivity contribution in [3.8, 4) is 5.75 Å². The number of piperidine rings is 1. The highest BCUT2D eigenvalue weighted by molar-refractivity contribution is 6.14. The predicted octanol–water partition coefficient (Wildman–Crippen LogP) is 3.51. The van der Waals surface area contributed by atoms with Crippen molar-refractivity contribution >= 4 is 22.6 Å². The summed E-state index contributed by atoms with van der Waals surface area (Å²) in [5.41, 5.74) is 2.69. The van der Waals surface area contributed by atoms with Crippen molar-refractivity contribution in [2.75, 3.05) is 18.4 Å². The van der Waals surface area contributed by atoms with Crippen molar-refractivity contribution < 1.29 is 19.2 Å². The number of hydrogen-bond acceptors (Lipinski definition) is 3. The van der Waals surface area contributed by atoms with E-state index < -0.39 is 0 Å². The van der Waals surface area contributed by atoms with E-state index in [1.165, 1.54) is 17.7 Å². The van der Waals surface area contributed by atoms with Crippen LogP contribution in [0.2, 0.25) is 0 Å². The van der Waals surface area contributed by atoms with Gasteiger partial charge >= 0.3 is 0 Å². The van der Waals surface area contributed by atoms with Crippen LogP contribution in [0, 0.1) is 12.8 Å². The average molecular weight is 379 g/mol. The predicted molar refractivity (Wildman–Crippen MR) is 110 cm³/mol. The van der Waals surface area contributed by atoms with Crippen molar-refractivity contribution in [2.24, 2.45) is 5.92 Å². The first-order valence-corrected chi connectivity index (χ1v) is 9.97. The molecule has 1 saturated heterocycles. The molecule has 2 atom stereocenters. The fourth-order valence-electron chi connectivity index (χ4n) is 4.34. The first-order valence-electron chi connectivity index (χ1n) is 9.97. The van der Waals surface area contributed by atoms with Gasteiger partial charge in [0.25, 0.3) is 5.91 Å². The third-order valence-corrected chi connectivity index (χ3v) is 5.66. The molecule has 5 nitrogen and oxygen atoms in total. The molecule has 2 aromatic carbocycles. The molecule has 1 unspecified atom stereocenters. The minimum atomic E-state index is -0.212. The highest BCUT2D eigenvalue weighted by atomic mass is 16.3. The molecule has 3 N–H and O–H groups in total. The molecule has 1 aliphatic rings. The van der Waals surface area contributed by atoms with Crippen molar-refractivity contribution in [1.29, 1.82) is 0 Å². The molecule has 1 aromatic heterocycles. The molecule has 146 valence electrons. The second-order valence-electron chi connectivity index (χ2n) is 7.92. The summed E-state index contributed by atoms with van der Waals surface area (Å²) in [5.74, 6) is 1.26. The zero-order valence-corrected chi connectivity index (χ0v) is 16.4. The Morgan fingerprint density at radius 1 is 1.25 bits per heavy atom. The first kappa shape index (κ1) is 18.6. The minimum Gasteiger partial charge on any atom is -0.507 e. The maximum Gasteiger partial charge on any atom is 0.259 e. The first-order chi connectivity index (χ1) is 13.5. The van der Waals surface area contributed by atoms with E-state index in [1.807, 2.05) is 30.3 Å². The number of hydrogen-bond donors (Lipinski definition) is 3. The number of furan rings is 1. The quantitative estimate of drug-likeness (QED) is 0.650. The van der Waals surface area contributed by atoms with Gasteiger partial charge in [-0.25, -0.2) is 0 Å². The van der Waals surface area contributed by atoms with Gasteiger partial charge in [0.1, 0.15) is 23.6 Å². The fraction of sp³-hybridized carbons (Fsp3) is 0.348. The second-order valence-corrected chi connectivity index (χ2v) is 7.92. The van der Waals surface area contributed by atoms with Gasteiger partial charge in [0.15, 0.2) is 0 Å². The number of amides is 1. The van der Waals surface area contributed by atoms with Gasteiger partial charge in [-0.2, -0.15) is 0 Å². The van der Waals surface area contributed by atoms with Gasteiger partial charge in [-0.15, -0.1) is 0 Å². The van der Waals surface area contributed by atoms with E-state index in [-0.39, 0.29) is 11.7 Å². The number of benzene rings is 2. The molecular weight excluding hydrogens is 352 g/mol. The molecule has 1 aliphatic heterocycles. The molecule has 0 saturated carbocycles. The van der Waals surface area contributed by atoms with Crippen LogP contribution in [-0.4, -0.2) is 24.1 Å². The Morgan fingerprint density at radius 2 is 2.04 bits per heavy atom. The van der Waals surface area contributed by atoms with E-state index in [9.17, 15) is 9.90 Å². The number of aryl methyl sites for hydroxylation is 1. The Balaban J connectivity index is 1.73. The van der Waals surface area contributed by atoms with E-state index in [4.69, 9.17) is 4.42 Å². The zero-order chi connectivity index (χ0) is 19.7. The Kier molecular flexibility index (Phi) is 5.09. The standard InChI is InChI=1S/C23H26N2O3/c1-15-7-6-12-25(13-15)14-18-19(26)10-11-20-22(18)21(16(2)28-20)23(27)24-17-8-4-3-5-9-17/h3-5,8-11,15,26H,6-7,12-14H2,1-2H3,(H,24,27)/p+1/t15-/m0/s1. The summed E-state index contributed by atoms with van der Waals surface area (Å²) >= 11 is 0. The monoisotopic (exact) mass is 379 g/mol. The molecule has 1 amide bonds. The van der Waals surface area contributed by atoms with Crippen LogP contribution in [0.15, 0.2) is 46.9 Å². The van der Waals surface area contributed by atoms with Crippen molar-refractivity contribution in [3.05, 3.63) is 59.4 Å². The van der Waals surface area contributed by atoms with E-state index in [0.29, 0.717) is 29.4 Å². The number of phenolic OH excluding ortho intramolecular Hbond substituents is 1. The van der Waals surface area contributed by atoms with E-state index in [2.05, 4.69) is 12.2 Å². The third kappa shape index (κ3) is 3.62. The zero-order valence-electron chi connectivity index (χ0n) is 16.4. The molecule has 0 bridgehead atoms. The lowest BCUT2D eigenvalue weighted by Crippen LogP contribution is -3.12. The largest absolute Gasteiger partial charge is 0.507 e. The number of quaternary nitrogens is 1. The molecule has 0 spiro atoms. The summed E-state index contributed by atoms with van der Waals surface area (Å²) in [6.07, 6.45) is 2.45. The molecular formula is C23H27N2O3+. The van der Waals surface area contributed by atoms with Gasteiger partial charge in [-0.05, 0) is 44.0 Å². The number of carbonyl (C=O) groups excluding carboxylic acids is 1. The maximum atomic E-state index is 13.1. The van der Waals surface area contributed by atoms with Crippen molar-refractivity contribution in [1.82, 2.24) is 0 Å². The van der Waals surface area contributed by atoms with Crippen LogP contribution in [0.5, 0.6) is 5.75 Å². The summed E-state index contributed by atoms with van der Waals surface area (Å²) in [6, 6.07) is 12.8. The highest BCUT2D eigenvalue weighted by Crippen LogP contribution is 2.34. The lowest BCUT2D eigenvalue weighted by atomic mass is 9.98. The van der Waals surface area contributed by atoms with Gasteiger partial charge in [0.05, 0.1) is 24.2 Å². The van der Waals surface area contributed by atoms with E-state index in [0.717, 1.165) is 29.7 Å². The van der Waals surface area contributed by atoms with Gasteiger partial charge in [-0.3, -0.25) is 4.79 Å². The van der Waals surface area contributed by atoms with Crippen LogP contribution < -0.4 is 10.2 Å². The average Bonchev–Trinajstić information content (AvgIpc) is 3.01. The third-order valence-electron chi connectivity index (χ3n) is 5.66. The van der Waals surface area contributed by atoms with Crippen molar-refractivity contribution in [3.63, 3.8) is 0 Å². The molecule has 28 heavy (non-hydrogen) atoms. The number of para-hydroxylation sites is 1. The number of aromatic hydroxyl groups is 1. The molecule has 1 fully saturated rings. The summed E-state index contributed by atoms with van der Waals surface area (Å²) < 4.78 is 5.88. The van der Waals surface area contributed by atoms with Crippen LogP contribution in [0.3, 0.4) is 0 Å². The van der Waals surface area contributed by atoms with Crippen LogP contribution in [0.25, 0.3) is 11.0 Å². The van der Waals surface area contributed by atoms with E-state index in [1.54, 1.807) is 19.1 Å². The minimum absolute atomic E-state index is 0.212. The normalized spacial score (nSPS) is 19.6. The highest BCUT2D eigenvalue weighted by Gasteiger charge is 2.27. The fourth-order valence-corrected chi connectivity index (χ4v) is 4.34.